The first-order valence-corrected chi connectivity index (χ1v) is 9.18. The zero-order chi connectivity index (χ0) is 18.7. The molecule has 2 aromatic carbocycles. The van der Waals surface area contributed by atoms with Crippen molar-refractivity contribution < 1.29 is 9.53 Å². The monoisotopic (exact) mass is 370 g/mol. The summed E-state index contributed by atoms with van der Waals surface area (Å²) in [4.78, 5) is 16.6. The minimum atomic E-state index is -0.206. The second-order valence-electron chi connectivity index (χ2n) is 6.38. The number of nitrogens with zero attached hydrogens (tertiary/aromatic N) is 1. The quantitative estimate of drug-likeness (QED) is 0.450. The second-order valence-corrected chi connectivity index (χ2v) is 7.41. The number of nitrogens with two attached hydrogens (primary N) is 1. The molecule has 26 heavy (non-hydrogen) atoms. The fraction of sp³-hybridized carbons (Fsp3) is 0.263. The molecule has 3 aromatic rings. The second kappa shape index (κ2) is 7.72. The molecule has 0 atom stereocenters. The first kappa shape index (κ1) is 18.2. The molecule has 0 radical (unpaired) electrons. The first-order valence-electron chi connectivity index (χ1n) is 8.36. The number of benzene rings is 2. The molecule has 1 aromatic heterocycles. The molecule has 0 aliphatic rings. The van der Waals surface area contributed by atoms with Gasteiger partial charge in [0.15, 0.2) is 11.7 Å². The molecule has 0 saturated heterocycles. The summed E-state index contributed by atoms with van der Waals surface area (Å²) in [7, 11) is 0. The number of aromatic nitrogens is 1. The fourth-order valence-electron chi connectivity index (χ4n) is 2.65. The molecule has 1 heterocycles. The topological polar surface area (TPSA) is 89.3 Å². The highest BCUT2D eigenvalue weighted by Gasteiger charge is 2.11. The Kier molecular flexibility index (Phi) is 5.39. The molecule has 0 bridgehead atoms. The number of anilines is 2. The van der Waals surface area contributed by atoms with Crippen LogP contribution in [0.3, 0.4) is 0 Å². The number of nitrogens with one attached hydrogen (secondary N) is 2. The van der Waals surface area contributed by atoms with E-state index in [0.717, 1.165) is 27.1 Å². The van der Waals surface area contributed by atoms with Crippen LogP contribution in [0.15, 0.2) is 36.4 Å². The standard InChI is InChI=1S/C19H22N4O2S/c1-11(2)14-6-4-12(3)8-16(14)25-10-18(24)21-13-5-7-15-17(9-13)26-19(22-15)23-20/h4-9,11H,10,20H2,1-3H3,(H,21,24)(H,22,23). The summed E-state index contributed by atoms with van der Waals surface area (Å²) < 4.78 is 6.72. The lowest BCUT2D eigenvalue weighted by atomic mass is 10.0. The highest BCUT2D eigenvalue weighted by Crippen LogP contribution is 2.29. The number of rotatable bonds is 6. The summed E-state index contributed by atoms with van der Waals surface area (Å²) >= 11 is 1.43. The number of carbonyl (C=O) groups is 1. The zero-order valence-corrected chi connectivity index (χ0v) is 15.8. The Morgan fingerprint density at radius 3 is 2.81 bits per heavy atom. The molecule has 1 amide bonds. The van der Waals surface area contributed by atoms with Crippen molar-refractivity contribution in [2.24, 2.45) is 5.84 Å². The third-order valence-corrected chi connectivity index (χ3v) is 4.89. The van der Waals surface area contributed by atoms with E-state index in [1.54, 1.807) is 0 Å². The Balaban J connectivity index is 1.67. The lowest BCUT2D eigenvalue weighted by Gasteiger charge is -2.14. The average Bonchev–Trinajstić information content (AvgIpc) is 3.02. The molecule has 7 heteroatoms. The van der Waals surface area contributed by atoms with Gasteiger partial charge >= 0.3 is 0 Å². The van der Waals surface area contributed by atoms with Crippen LogP contribution < -0.4 is 21.3 Å². The highest BCUT2D eigenvalue weighted by atomic mass is 32.1. The number of hydrogen-bond acceptors (Lipinski definition) is 6. The summed E-state index contributed by atoms with van der Waals surface area (Å²) in [6.45, 7) is 6.17. The van der Waals surface area contributed by atoms with Crippen molar-refractivity contribution in [3.63, 3.8) is 0 Å². The number of aryl methyl sites for hydroxylation is 1. The Morgan fingerprint density at radius 2 is 2.08 bits per heavy atom. The summed E-state index contributed by atoms with van der Waals surface area (Å²) in [6, 6.07) is 11.6. The van der Waals surface area contributed by atoms with E-state index in [1.165, 1.54) is 11.3 Å². The van der Waals surface area contributed by atoms with Gasteiger partial charge in [-0.2, -0.15) is 0 Å². The predicted octanol–water partition coefficient (Wildman–Crippen LogP) is 4.03. The number of thiazole rings is 1. The SMILES string of the molecule is Cc1ccc(C(C)C)c(OCC(=O)Nc2ccc3nc(NN)sc3c2)c1. The van der Waals surface area contributed by atoms with E-state index >= 15 is 0 Å². The maximum atomic E-state index is 12.3. The molecule has 0 aliphatic heterocycles. The molecular weight excluding hydrogens is 348 g/mol. The van der Waals surface area contributed by atoms with Crippen LogP contribution in [0.5, 0.6) is 5.75 Å². The zero-order valence-electron chi connectivity index (χ0n) is 15.0. The van der Waals surface area contributed by atoms with Gasteiger partial charge in [-0.1, -0.05) is 37.3 Å². The number of fused-ring (bicyclic) bond motifs is 1. The number of carbonyl (C=O) groups excluding carboxylic acids is 1. The Labute approximate surface area is 156 Å². The maximum Gasteiger partial charge on any atom is 0.262 e. The van der Waals surface area contributed by atoms with Crippen LogP contribution in [0, 0.1) is 6.92 Å². The van der Waals surface area contributed by atoms with Gasteiger partial charge in [-0.25, -0.2) is 10.8 Å². The first-order chi connectivity index (χ1) is 12.5. The van der Waals surface area contributed by atoms with Gasteiger partial charge in [-0.05, 0) is 48.2 Å². The van der Waals surface area contributed by atoms with E-state index in [-0.39, 0.29) is 12.5 Å². The highest BCUT2D eigenvalue weighted by molar-refractivity contribution is 7.22. The van der Waals surface area contributed by atoms with Crippen molar-refractivity contribution in [2.75, 3.05) is 17.3 Å². The van der Waals surface area contributed by atoms with Crippen LogP contribution in [0.25, 0.3) is 10.2 Å². The minimum Gasteiger partial charge on any atom is -0.483 e. The molecule has 6 nitrogen and oxygen atoms in total. The maximum absolute atomic E-state index is 12.3. The number of nitrogen functional groups attached to an aromatic ring is 1. The van der Waals surface area contributed by atoms with Crippen LogP contribution in [-0.2, 0) is 4.79 Å². The fourth-order valence-corrected chi connectivity index (χ4v) is 3.46. The van der Waals surface area contributed by atoms with Crippen molar-refractivity contribution in [1.82, 2.24) is 4.98 Å². The van der Waals surface area contributed by atoms with Gasteiger partial charge in [-0.15, -0.1) is 0 Å². The van der Waals surface area contributed by atoms with E-state index < -0.39 is 0 Å². The van der Waals surface area contributed by atoms with Gasteiger partial charge in [0.1, 0.15) is 5.75 Å². The van der Waals surface area contributed by atoms with Crippen molar-refractivity contribution in [3.8, 4) is 5.75 Å². The number of hydrazine groups is 1. The van der Waals surface area contributed by atoms with E-state index in [1.807, 2.05) is 37.3 Å². The largest absolute Gasteiger partial charge is 0.483 e. The van der Waals surface area contributed by atoms with E-state index in [4.69, 9.17) is 10.6 Å². The molecule has 3 rings (SSSR count). The predicted molar refractivity (Wildman–Crippen MR) is 107 cm³/mol. The van der Waals surface area contributed by atoms with Crippen LogP contribution in [0.2, 0.25) is 0 Å². The Morgan fingerprint density at radius 1 is 1.27 bits per heavy atom. The van der Waals surface area contributed by atoms with Crippen LogP contribution in [0.1, 0.15) is 30.9 Å². The van der Waals surface area contributed by atoms with Gasteiger partial charge in [-0.3, -0.25) is 10.2 Å². The lowest BCUT2D eigenvalue weighted by Crippen LogP contribution is -2.20. The van der Waals surface area contributed by atoms with Gasteiger partial charge in [0.25, 0.3) is 5.91 Å². The van der Waals surface area contributed by atoms with Gasteiger partial charge in [0.2, 0.25) is 0 Å². The molecule has 136 valence electrons. The van der Waals surface area contributed by atoms with Gasteiger partial charge in [0.05, 0.1) is 10.2 Å². The molecule has 0 unspecified atom stereocenters. The van der Waals surface area contributed by atoms with Gasteiger partial charge in [0, 0.05) is 5.69 Å². The Bertz CT molecular complexity index is 936. The molecule has 4 N–H and O–H groups in total. The number of amides is 1. The molecule has 0 fully saturated rings. The molecule has 0 saturated carbocycles. The summed E-state index contributed by atoms with van der Waals surface area (Å²) in [5, 5.41) is 3.49. The van der Waals surface area contributed by atoms with Crippen LogP contribution in [0.4, 0.5) is 10.8 Å². The van der Waals surface area contributed by atoms with Crippen molar-refractivity contribution in [3.05, 3.63) is 47.5 Å². The van der Waals surface area contributed by atoms with Crippen LogP contribution in [-0.4, -0.2) is 17.5 Å². The number of ether oxygens (including phenoxy) is 1. The van der Waals surface area contributed by atoms with Crippen LogP contribution >= 0.6 is 11.3 Å². The minimum absolute atomic E-state index is 0.0422. The van der Waals surface area contributed by atoms with Gasteiger partial charge < -0.3 is 10.1 Å². The van der Waals surface area contributed by atoms with Crippen molar-refractivity contribution >= 4 is 38.3 Å². The van der Waals surface area contributed by atoms with E-state index in [2.05, 4.69) is 35.6 Å². The van der Waals surface area contributed by atoms with Crippen molar-refractivity contribution in [1.29, 1.82) is 0 Å². The molecular formula is C19H22N4O2S. The average molecular weight is 370 g/mol. The normalized spacial score (nSPS) is 11.0. The molecule has 0 aliphatic carbocycles. The smallest absolute Gasteiger partial charge is 0.262 e. The third kappa shape index (κ3) is 4.12. The van der Waals surface area contributed by atoms with Crippen molar-refractivity contribution in [2.45, 2.75) is 26.7 Å². The summed E-state index contributed by atoms with van der Waals surface area (Å²) in [5.41, 5.74) is 6.26. The summed E-state index contributed by atoms with van der Waals surface area (Å²) in [5.74, 6) is 6.26. The summed E-state index contributed by atoms with van der Waals surface area (Å²) in [6.07, 6.45) is 0. The van der Waals surface area contributed by atoms with E-state index in [0.29, 0.717) is 16.7 Å². The molecule has 0 spiro atoms. The Hall–Kier alpha value is -2.64. The number of hydrogen-bond donors (Lipinski definition) is 3. The van der Waals surface area contributed by atoms with E-state index in [9.17, 15) is 4.79 Å². The lowest BCUT2D eigenvalue weighted by molar-refractivity contribution is -0.118. The third-order valence-electron chi connectivity index (χ3n) is 3.95.